The lowest BCUT2D eigenvalue weighted by molar-refractivity contribution is 0.372. The van der Waals surface area contributed by atoms with Crippen LogP contribution in [0.25, 0.3) is 0 Å². The molecule has 0 bridgehead atoms. The van der Waals surface area contributed by atoms with E-state index in [1.54, 1.807) is 0 Å². The molecule has 1 aromatic carbocycles. The lowest BCUT2D eigenvalue weighted by Gasteiger charge is -2.31. The van der Waals surface area contributed by atoms with Crippen LogP contribution >= 0.6 is 11.6 Å². The predicted molar refractivity (Wildman–Crippen MR) is 90.2 cm³/mol. The zero-order valence-corrected chi connectivity index (χ0v) is 13.9. The van der Waals surface area contributed by atoms with Gasteiger partial charge in [0.15, 0.2) is 0 Å². The first-order chi connectivity index (χ1) is 10.1. The molecule has 1 aliphatic carbocycles. The van der Waals surface area contributed by atoms with Crippen LogP contribution in [0.3, 0.4) is 0 Å². The van der Waals surface area contributed by atoms with Crippen LogP contribution in [0, 0.1) is 0 Å². The van der Waals surface area contributed by atoms with Crippen molar-refractivity contribution in [3.05, 3.63) is 28.8 Å². The largest absolute Gasteiger partial charge is 0.367 e. The molecule has 1 saturated carbocycles. The number of hydrogen-bond donors (Lipinski definition) is 1. The predicted octanol–water partition coefficient (Wildman–Crippen LogP) is 3.12. The number of halogens is 1. The van der Waals surface area contributed by atoms with E-state index in [4.69, 9.17) is 11.6 Å². The second-order valence-electron chi connectivity index (χ2n) is 6.68. The Balaban J connectivity index is 1.79. The maximum Gasteiger partial charge on any atom is 0.0429 e. The van der Waals surface area contributed by atoms with Crippen molar-refractivity contribution in [2.24, 2.45) is 0 Å². The van der Waals surface area contributed by atoms with Crippen molar-refractivity contribution in [3.63, 3.8) is 0 Å². The van der Waals surface area contributed by atoms with Gasteiger partial charge in [0.1, 0.15) is 0 Å². The quantitative estimate of drug-likeness (QED) is 0.871. The van der Waals surface area contributed by atoms with Crippen LogP contribution in [-0.2, 0) is 6.54 Å². The first-order valence-corrected chi connectivity index (χ1v) is 8.44. The van der Waals surface area contributed by atoms with Gasteiger partial charge in [0.05, 0.1) is 0 Å². The molecule has 116 valence electrons. The molecule has 1 saturated heterocycles. The van der Waals surface area contributed by atoms with E-state index in [0.717, 1.165) is 30.7 Å². The molecular formula is C17H26ClN3. The van der Waals surface area contributed by atoms with Crippen LogP contribution in [0.5, 0.6) is 0 Å². The number of rotatable bonds is 6. The third-order valence-corrected chi connectivity index (χ3v) is 4.70. The van der Waals surface area contributed by atoms with Gasteiger partial charge in [-0.25, -0.2) is 0 Å². The molecule has 0 amide bonds. The maximum atomic E-state index is 6.27. The average molecular weight is 308 g/mol. The fourth-order valence-electron chi connectivity index (χ4n) is 3.26. The van der Waals surface area contributed by atoms with Gasteiger partial charge in [-0.05, 0) is 57.5 Å². The smallest absolute Gasteiger partial charge is 0.0429 e. The van der Waals surface area contributed by atoms with E-state index in [0.29, 0.717) is 6.04 Å². The number of anilines is 1. The zero-order valence-electron chi connectivity index (χ0n) is 13.1. The monoisotopic (exact) mass is 307 g/mol. The molecule has 1 N–H and O–H groups in total. The number of nitrogens with one attached hydrogen (secondary N) is 1. The highest BCUT2D eigenvalue weighted by atomic mass is 35.5. The first-order valence-electron chi connectivity index (χ1n) is 8.06. The number of benzene rings is 1. The molecule has 21 heavy (non-hydrogen) atoms. The van der Waals surface area contributed by atoms with Gasteiger partial charge in [0.25, 0.3) is 0 Å². The fourth-order valence-corrected chi connectivity index (χ4v) is 3.43. The molecule has 1 heterocycles. The van der Waals surface area contributed by atoms with Gasteiger partial charge in [0.2, 0.25) is 0 Å². The molecule has 1 atom stereocenters. The average Bonchev–Trinajstić information content (AvgIpc) is 3.16. The van der Waals surface area contributed by atoms with Gasteiger partial charge in [-0.15, -0.1) is 0 Å². The third kappa shape index (κ3) is 3.91. The zero-order chi connectivity index (χ0) is 14.8. The molecule has 3 rings (SSSR count). The number of nitrogens with zero attached hydrogens (tertiary/aromatic N) is 2. The lowest BCUT2D eigenvalue weighted by Crippen LogP contribution is -2.38. The van der Waals surface area contributed by atoms with Crippen molar-refractivity contribution >= 4 is 17.3 Å². The summed E-state index contributed by atoms with van der Waals surface area (Å²) in [7, 11) is 4.31. The van der Waals surface area contributed by atoms with Crippen LogP contribution in [0.1, 0.15) is 31.2 Å². The lowest BCUT2D eigenvalue weighted by atomic mass is 10.1. The van der Waals surface area contributed by atoms with Crippen molar-refractivity contribution in [1.82, 2.24) is 10.2 Å². The van der Waals surface area contributed by atoms with Gasteiger partial charge >= 0.3 is 0 Å². The van der Waals surface area contributed by atoms with Crippen LogP contribution in [0.4, 0.5) is 5.69 Å². The van der Waals surface area contributed by atoms with Crippen LogP contribution in [-0.4, -0.2) is 44.2 Å². The maximum absolute atomic E-state index is 6.27. The SMILES string of the molecule is CN(C)CC1CCCN1c1cc(Cl)ccc1CNC1CC1. The normalized spacial score (nSPS) is 22.3. The molecule has 4 heteroatoms. The van der Waals surface area contributed by atoms with Crippen LogP contribution in [0.15, 0.2) is 18.2 Å². The van der Waals surface area contributed by atoms with Crippen molar-refractivity contribution in [2.75, 3.05) is 32.1 Å². The molecule has 2 aliphatic rings. The Hall–Kier alpha value is -0.770. The van der Waals surface area contributed by atoms with Gasteiger partial charge in [0, 0.05) is 42.4 Å². The van der Waals surface area contributed by atoms with E-state index in [1.807, 2.05) is 6.07 Å². The van der Waals surface area contributed by atoms with Gasteiger partial charge in [-0.1, -0.05) is 17.7 Å². The first kappa shape index (κ1) is 15.1. The summed E-state index contributed by atoms with van der Waals surface area (Å²) in [5.74, 6) is 0. The summed E-state index contributed by atoms with van der Waals surface area (Å²) < 4.78 is 0. The molecule has 1 aromatic rings. The third-order valence-electron chi connectivity index (χ3n) is 4.47. The Bertz CT molecular complexity index is 485. The summed E-state index contributed by atoms with van der Waals surface area (Å²) >= 11 is 6.27. The summed E-state index contributed by atoms with van der Waals surface area (Å²) in [6.07, 6.45) is 5.21. The molecule has 0 radical (unpaired) electrons. The topological polar surface area (TPSA) is 18.5 Å². The number of likely N-dealkylation sites (N-methyl/N-ethyl adjacent to an activating group) is 1. The minimum absolute atomic E-state index is 0.609. The Morgan fingerprint density at radius 1 is 1.29 bits per heavy atom. The van der Waals surface area contributed by atoms with Gasteiger partial charge in [-0.2, -0.15) is 0 Å². The van der Waals surface area contributed by atoms with E-state index in [2.05, 4.69) is 41.3 Å². The minimum atomic E-state index is 0.609. The van der Waals surface area contributed by atoms with Crippen molar-refractivity contribution in [2.45, 2.75) is 44.3 Å². The molecule has 3 nitrogen and oxygen atoms in total. The number of hydrogen-bond acceptors (Lipinski definition) is 3. The summed E-state index contributed by atoms with van der Waals surface area (Å²) in [6, 6.07) is 7.71. The highest BCUT2D eigenvalue weighted by Gasteiger charge is 2.27. The Morgan fingerprint density at radius 2 is 2.10 bits per heavy atom. The van der Waals surface area contributed by atoms with Gasteiger partial charge in [-0.3, -0.25) is 0 Å². The minimum Gasteiger partial charge on any atom is -0.367 e. The van der Waals surface area contributed by atoms with E-state index in [1.165, 1.54) is 36.9 Å². The molecular weight excluding hydrogens is 282 g/mol. The molecule has 2 fully saturated rings. The molecule has 1 aliphatic heterocycles. The van der Waals surface area contributed by atoms with Crippen molar-refractivity contribution in [1.29, 1.82) is 0 Å². The molecule has 0 aromatic heterocycles. The van der Waals surface area contributed by atoms with E-state index in [9.17, 15) is 0 Å². The Labute approximate surface area is 133 Å². The summed E-state index contributed by atoms with van der Waals surface area (Å²) in [5, 5.41) is 4.47. The summed E-state index contributed by atoms with van der Waals surface area (Å²) in [4.78, 5) is 4.85. The van der Waals surface area contributed by atoms with Gasteiger partial charge < -0.3 is 15.1 Å². The van der Waals surface area contributed by atoms with E-state index in [-0.39, 0.29) is 0 Å². The van der Waals surface area contributed by atoms with Crippen molar-refractivity contribution in [3.8, 4) is 0 Å². The second-order valence-corrected chi connectivity index (χ2v) is 7.12. The standard InChI is InChI=1S/C17H26ClN3/c1-20(2)12-16-4-3-9-21(16)17-10-14(18)6-5-13(17)11-19-15-7-8-15/h5-6,10,15-16,19H,3-4,7-9,11-12H2,1-2H3. The van der Waals surface area contributed by atoms with Crippen molar-refractivity contribution < 1.29 is 0 Å². The summed E-state index contributed by atoms with van der Waals surface area (Å²) in [5.41, 5.74) is 2.72. The van der Waals surface area contributed by atoms with Crippen LogP contribution < -0.4 is 10.2 Å². The second kappa shape index (κ2) is 6.55. The molecule has 1 unspecified atom stereocenters. The van der Waals surface area contributed by atoms with Crippen LogP contribution in [0.2, 0.25) is 5.02 Å². The summed E-state index contributed by atoms with van der Waals surface area (Å²) in [6.45, 7) is 3.22. The molecule has 0 spiro atoms. The Kier molecular flexibility index (Phi) is 4.72. The highest BCUT2D eigenvalue weighted by molar-refractivity contribution is 6.30. The van der Waals surface area contributed by atoms with E-state index < -0.39 is 0 Å². The van der Waals surface area contributed by atoms with E-state index >= 15 is 0 Å². The highest BCUT2D eigenvalue weighted by Crippen LogP contribution is 2.32. The fraction of sp³-hybridized carbons (Fsp3) is 0.647. The Morgan fingerprint density at radius 3 is 2.81 bits per heavy atom.